The molecular formula is C27H27Cl2N3O. The molecule has 0 saturated heterocycles. The summed E-state index contributed by atoms with van der Waals surface area (Å²) in [5.41, 5.74) is 5.18. The lowest BCUT2D eigenvalue weighted by atomic mass is 10.0. The average Bonchev–Trinajstić information content (AvgIpc) is 3.32. The van der Waals surface area contributed by atoms with Crippen molar-refractivity contribution in [3.8, 4) is 0 Å². The van der Waals surface area contributed by atoms with Crippen LogP contribution < -0.4 is 10.6 Å². The van der Waals surface area contributed by atoms with Crippen molar-refractivity contribution in [2.45, 2.75) is 32.3 Å². The highest BCUT2D eigenvalue weighted by molar-refractivity contribution is 6.32. The molecule has 1 aliphatic carbocycles. The molecule has 0 amide bonds. The lowest BCUT2D eigenvalue weighted by molar-refractivity contribution is 0.153. The normalized spacial score (nSPS) is 21.4. The summed E-state index contributed by atoms with van der Waals surface area (Å²) in [6, 6.07) is 15.4. The van der Waals surface area contributed by atoms with E-state index >= 15 is 0 Å². The minimum absolute atomic E-state index is 0.0779. The molecule has 3 aromatic rings. The second-order valence-electron chi connectivity index (χ2n) is 8.91. The molecular weight excluding hydrogens is 453 g/mol. The molecule has 1 saturated carbocycles. The van der Waals surface area contributed by atoms with E-state index in [1.54, 1.807) is 6.20 Å². The number of anilines is 2. The van der Waals surface area contributed by atoms with E-state index in [9.17, 15) is 5.11 Å². The number of halogens is 2. The number of aliphatic hydroxyl groups is 1. The molecule has 1 aromatic heterocycles. The molecule has 3 N–H and O–H groups in total. The van der Waals surface area contributed by atoms with Crippen LogP contribution in [-0.2, 0) is 0 Å². The minimum atomic E-state index is -0.904. The monoisotopic (exact) mass is 479 g/mol. The fraction of sp³-hybridized carbons (Fsp3) is 0.222. The van der Waals surface area contributed by atoms with Crippen molar-refractivity contribution in [3.63, 3.8) is 0 Å². The fourth-order valence-electron chi connectivity index (χ4n) is 4.39. The van der Waals surface area contributed by atoms with Gasteiger partial charge in [-0.05, 0) is 73.9 Å². The Morgan fingerprint density at radius 2 is 1.76 bits per heavy atom. The molecule has 2 aromatic carbocycles. The molecule has 4 nitrogen and oxygen atoms in total. The van der Waals surface area contributed by atoms with Crippen LogP contribution in [0.15, 0.2) is 73.6 Å². The standard InChI is InChI=1S/C27H27Cl2N3O/c1-15-6-9-24(30-14-15)32-17(3)22-13-21(7-8-23(22)29)31-18(4)25-26(27(25,5)33)19-10-16(2)11-20(28)12-19/h6-14,25-26,31,33H,3-4H2,1-2,5H3,(H,30,32). The van der Waals surface area contributed by atoms with E-state index in [-0.39, 0.29) is 11.8 Å². The van der Waals surface area contributed by atoms with Crippen LogP contribution in [0.4, 0.5) is 11.5 Å². The zero-order chi connectivity index (χ0) is 23.9. The molecule has 0 radical (unpaired) electrons. The largest absolute Gasteiger partial charge is 0.389 e. The Labute approximate surface area is 205 Å². The second kappa shape index (κ2) is 8.86. The van der Waals surface area contributed by atoms with Crippen molar-refractivity contribution >= 4 is 40.4 Å². The number of nitrogens with zero attached hydrogens (tertiary/aromatic N) is 1. The quantitative estimate of drug-likeness (QED) is 0.335. The minimum Gasteiger partial charge on any atom is -0.389 e. The van der Waals surface area contributed by atoms with Gasteiger partial charge in [-0.1, -0.05) is 48.5 Å². The zero-order valence-electron chi connectivity index (χ0n) is 18.9. The van der Waals surface area contributed by atoms with Crippen molar-refractivity contribution in [1.82, 2.24) is 4.98 Å². The van der Waals surface area contributed by atoms with Crippen LogP contribution in [0, 0.1) is 19.8 Å². The first-order chi connectivity index (χ1) is 15.6. The van der Waals surface area contributed by atoms with Crippen LogP contribution in [0.3, 0.4) is 0 Å². The van der Waals surface area contributed by atoms with E-state index in [0.29, 0.717) is 21.6 Å². The van der Waals surface area contributed by atoms with Crippen LogP contribution >= 0.6 is 23.2 Å². The summed E-state index contributed by atoms with van der Waals surface area (Å²) >= 11 is 12.7. The SMILES string of the molecule is C=C(Nc1ccc(C)cn1)c1cc(NC(=C)C2C(c3cc(C)cc(Cl)c3)C2(C)O)ccc1Cl. The van der Waals surface area contributed by atoms with Gasteiger partial charge < -0.3 is 15.7 Å². The molecule has 1 heterocycles. The molecule has 170 valence electrons. The molecule has 1 aliphatic rings. The molecule has 33 heavy (non-hydrogen) atoms. The van der Waals surface area contributed by atoms with Crippen molar-refractivity contribution in [2.75, 3.05) is 10.6 Å². The molecule has 3 unspecified atom stereocenters. The van der Waals surface area contributed by atoms with Crippen molar-refractivity contribution in [2.24, 2.45) is 5.92 Å². The molecule has 1 fully saturated rings. The first-order valence-electron chi connectivity index (χ1n) is 10.7. The van der Waals surface area contributed by atoms with Crippen LogP contribution in [-0.4, -0.2) is 15.7 Å². The molecule has 0 aliphatic heterocycles. The van der Waals surface area contributed by atoms with Crippen LogP contribution in [0.1, 0.15) is 35.1 Å². The van der Waals surface area contributed by atoms with Gasteiger partial charge in [0.1, 0.15) is 5.82 Å². The molecule has 4 rings (SSSR count). The molecule has 0 spiro atoms. The van der Waals surface area contributed by atoms with E-state index in [1.807, 2.05) is 63.2 Å². The van der Waals surface area contributed by atoms with Gasteiger partial charge in [0.05, 0.1) is 10.6 Å². The summed E-state index contributed by atoms with van der Waals surface area (Å²) < 4.78 is 0. The van der Waals surface area contributed by atoms with Crippen LogP contribution in [0.5, 0.6) is 0 Å². The summed E-state index contributed by atoms with van der Waals surface area (Å²) in [5.74, 6) is 0.469. The first kappa shape index (κ1) is 23.4. The maximum absolute atomic E-state index is 11.0. The maximum Gasteiger partial charge on any atom is 0.130 e. The number of aromatic nitrogens is 1. The number of aryl methyl sites for hydroxylation is 2. The van der Waals surface area contributed by atoms with E-state index in [1.165, 1.54) is 0 Å². The number of benzene rings is 2. The number of nitrogens with one attached hydrogen (secondary N) is 2. The lowest BCUT2D eigenvalue weighted by Crippen LogP contribution is -2.10. The van der Waals surface area contributed by atoms with Crippen LogP contribution in [0.25, 0.3) is 5.70 Å². The third kappa shape index (κ3) is 4.93. The van der Waals surface area contributed by atoms with Gasteiger partial charge >= 0.3 is 0 Å². The first-order valence-corrected chi connectivity index (χ1v) is 11.5. The molecule has 0 bridgehead atoms. The van der Waals surface area contributed by atoms with Gasteiger partial charge in [0, 0.05) is 45.7 Å². The van der Waals surface area contributed by atoms with Gasteiger partial charge in [-0.3, -0.25) is 0 Å². The second-order valence-corrected chi connectivity index (χ2v) is 9.76. The van der Waals surface area contributed by atoms with Crippen molar-refractivity contribution < 1.29 is 5.11 Å². The smallest absolute Gasteiger partial charge is 0.130 e. The van der Waals surface area contributed by atoms with E-state index in [4.69, 9.17) is 23.2 Å². The highest BCUT2D eigenvalue weighted by Gasteiger charge is 2.62. The fourth-order valence-corrected chi connectivity index (χ4v) is 4.92. The van der Waals surface area contributed by atoms with Gasteiger partial charge in [-0.15, -0.1) is 0 Å². The third-order valence-corrected chi connectivity index (χ3v) is 6.62. The van der Waals surface area contributed by atoms with E-state index in [0.717, 1.165) is 33.6 Å². The van der Waals surface area contributed by atoms with E-state index < -0.39 is 5.60 Å². The van der Waals surface area contributed by atoms with Gasteiger partial charge in [-0.25, -0.2) is 4.98 Å². The zero-order valence-corrected chi connectivity index (χ0v) is 20.4. The Morgan fingerprint density at radius 1 is 1.00 bits per heavy atom. The topological polar surface area (TPSA) is 57.2 Å². The highest BCUT2D eigenvalue weighted by Crippen LogP contribution is 2.60. The number of hydrogen-bond acceptors (Lipinski definition) is 4. The lowest BCUT2D eigenvalue weighted by Gasteiger charge is -2.15. The molecule has 3 atom stereocenters. The summed E-state index contributed by atoms with van der Waals surface area (Å²) in [7, 11) is 0. The third-order valence-electron chi connectivity index (χ3n) is 6.07. The van der Waals surface area contributed by atoms with Gasteiger partial charge in [-0.2, -0.15) is 0 Å². The number of rotatable bonds is 7. The Hall–Kier alpha value is -2.79. The number of pyridine rings is 1. The van der Waals surface area contributed by atoms with Gasteiger partial charge in [0.25, 0.3) is 0 Å². The molecule has 6 heteroatoms. The predicted molar refractivity (Wildman–Crippen MR) is 139 cm³/mol. The van der Waals surface area contributed by atoms with Crippen LogP contribution in [0.2, 0.25) is 10.0 Å². The van der Waals surface area contributed by atoms with Crippen molar-refractivity contribution in [3.05, 3.63) is 106 Å². The Kier molecular flexibility index (Phi) is 6.28. The maximum atomic E-state index is 11.0. The summed E-state index contributed by atoms with van der Waals surface area (Å²) in [5, 5.41) is 18.8. The number of hydrogen-bond donors (Lipinski definition) is 3. The summed E-state index contributed by atoms with van der Waals surface area (Å²) in [6.45, 7) is 14.2. The van der Waals surface area contributed by atoms with Crippen molar-refractivity contribution in [1.29, 1.82) is 0 Å². The van der Waals surface area contributed by atoms with Gasteiger partial charge in [0.15, 0.2) is 0 Å². The summed E-state index contributed by atoms with van der Waals surface area (Å²) in [6.07, 6.45) is 1.79. The van der Waals surface area contributed by atoms with Gasteiger partial charge in [0.2, 0.25) is 0 Å². The average molecular weight is 480 g/mol. The Bertz CT molecular complexity index is 1210. The Morgan fingerprint density at radius 3 is 2.42 bits per heavy atom. The Balaban J connectivity index is 1.50. The summed E-state index contributed by atoms with van der Waals surface area (Å²) in [4.78, 5) is 4.36. The van der Waals surface area contributed by atoms with E-state index in [2.05, 4.69) is 34.8 Å². The predicted octanol–water partition coefficient (Wildman–Crippen LogP) is 7.18. The highest BCUT2D eigenvalue weighted by atomic mass is 35.5.